The van der Waals surface area contributed by atoms with Crippen molar-refractivity contribution in [2.45, 2.75) is 77.3 Å². The number of fused-ring (bicyclic) bond motifs is 1. The Bertz CT molecular complexity index is 854. The summed E-state index contributed by atoms with van der Waals surface area (Å²) < 4.78 is 2.13. The molecule has 2 aromatic rings. The van der Waals surface area contributed by atoms with Gasteiger partial charge < -0.3 is 9.80 Å². The average Bonchev–Trinajstić information content (AvgIpc) is 2.97. The third-order valence-electron chi connectivity index (χ3n) is 6.92. The standard InChI is InChI=1S/C25H37N5O/c1-3-15-30-23-12-11-21(28(2)18-13-20-10-6-7-14-26-20)19-22(23)24(27-30)25(31)29-16-8-4-5-9-17-29/h6-7,10,14,21H,3-5,8-9,11-13,15-19H2,1-2H3. The molecule has 0 aromatic carbocycles. The Labute approximate surface area is 186 Å². The van der Waals surface area contributed by atoms with Gasteiger partial charge in [0.2, 0.25) is 0 Å². The molecule has 6 heteroatoms. The van der Waals surface area contributed by atoms with Gasteiger partial charge in [0.1, 0.15) is 0 Å². The van der Waals surface area contributed by atoms with Crippen LogP contribution in [-0.2, 0) is 25.8 Å². The minimum atomic E-state index is 0.157. The van der Waals surface area contributed by atoms with E-state index >= 15 is 0 Å². The number of aromatic nitrogens is 3. The maximum absolute atomic E-state index is 13.5. The topological polar surface area (TPSA) is 54.3 Å². The van der Waals surface area contributed by atoms with E-state index in [0.29, 0.717) is 6.04 Å². The fraction of sp³-hybridized carbons (Fsp3) is 0.640. The van der Waals surface area contributed by atoms with Crippen molar-refractivity contribution in [1.82, 2.24) is 24.6 Å². The van der Waals surface area contributed by atoms with Gasteiger partial charge in [-0.15, -0.1) is 0 Å². The Kier molecular flexibility index (Phi) is 7.38. The molecule has 1 aliphatic carbocycles. The number of pyridine rings is 1. The first-order valence-electron chi connectivity index (χ1n) is 12.2. The predicted octanol–water partition coefficient (Wildman–Crippen LogP) is 3.74. The summed E-state index contributed by atoms with van der Waals surface area (Å²) in [5, 5.41) is 4.87. The van der Waals surface area contributed by atoms with Gasteiger partial charge in [-0.1, -0.05) is 25.8 Å². The number of aryl methyl sites for hydroxylation is 1. The molecule has 31 heavy (non-hydrogen) atoms. The van der Waals surface area contributed by atoms with E-state index in [2.05, 4.69) is 45.6 Å². The summed E-state index contributed by atoms with van der Waals surface area (Å²) in [6, 6.07) is 6.57. The monoisotopic (exact) mass is 423 g/mol. The van der Waals surface area contributed by atoms with Crippen LogP contribution in [0.5, 0.6) is 0 Å². The third-order valence-corrected chi connectivity index (χ3v) is 6.92. The van der Waals surface area contributed by atoms with Crippen molar-refractivity contribution >= 4 is 5.91 Å². The first kappa shape index (κ1) is 22.0. The lowest BCUT2D eigenvalue weighted by atomic mass is 9.90. The lowest BCUT2D eigenvalue weighted by Gasteiger charge is -2.32. The van der Waals surface area contributed by atoms with Crippen molar-refractivity contribution in [1.29, 1.82) is 0 Å². The Morgan fingerprint density at radius 1 is 1.19 bits per heavy atom. The lowest BCUT2D eigenvalue weighted by molar-refractivity contribution is 0.0753. The molecule has 0 spiro atoms. The van der Waals surface area contributed by atoms with E-state index in [1.165, 1.54) is 24.1 Å². The number of hydrogen-bond acceptors (Lipinski definition) is 4. The molecule has 0 N–H and O–H groups in total. The van der Waals surface area contributed by atoms with Crippen LogP contribution in [0.1, 0.15) is 72.9 Å². The molecule has 6 nitrogen and oxygen atoms in total. The lowest BCUT2D eigenvalue weighted by Crippen LogP contribution is -2.39. The second-order valence-electron chi connectivity index (χ2n) is 9.15. The molecular weight excluding hydrogens is 386 g/mol. The van der Waals surface area contributed by atoms with Crippen LogP contribution < -0.4 is 0 Å². The molecule has 2 aromatic heterocycles. The van der Waals surface area contributed by atoms with E-state index in [4.69, 9.17) is 5.10 Å². The summed E-state index contributed by atoms with van der Waals surface area (Å²) in [5.74, 6) is 0.157. The zero-order valence-corrected chi connectivity index (χ0v) is 19.2. The molecule has 1 fully saturated rings. The van der Waals surface area contributed by atoms with Crippen LogP contribution >= 0.6 is 0 Å². The number of likely N-dealkylation sites (tertiary alicyclic amines) is 1. The summed E-state index contributed by atoms with van der Waals surface area (Å²) in [6.45, 7) is 5.82. The van der Waals surface area contributed by atoms with Crippen molar-refractivity contribution in [3.05, 3.63) is 47.0 Å². The highest BCUT2D eigenvalue weighted by atomic mass is 16.2. The Morgan fingerprint density at radius 3 is 2.71 bits per heavy atom. The maximum Gasteiger partial charge on any atom is 0.274 e. The van der Waals surface area contributed by atoms with Crippen LogP contribution in [0.25, 0.3) is 0 Å². The summed E-state index contributed by atoms with van der Waals surface area (Å²) in [7, 11) is 2.21. The predicted molar refractivity (Wildman–Crippen MR) is 123 cm³/mol. The molecule has 1 atom stereocenters. The molecule has 0 bridgehead atoms. The third kappa shape index (κ3) is 5.17. The number of likely N-dealkylation sites (N-methyl/N-ethyl adjacent to an activating group) is 1. The zero-order chi connectivity index (χ0) is 21.6. The van der Waals surface area contributed by atoms with E-state index in [1.54, 1.807) is 0 Å². The van der Waals surface area contributed by atoms with Gasteiger partial charge in [0.25, 0.3) is 5.91 Å². The first-order valence-corrected chi connectivity index (χ1v) is 12.2. The molecule has 0 saturated carbocycles. The number of hydrogen-bond donors (Lipinski definition) is 0. The highest BCUT2D eigenvalue weighted by Crippen LogP contribution is 2.29. The van der Waals surface area contributed by atoms with Gasteiger partial charge >= 0.3 is 0 Å². The summed E-state index contributed by atoms with van der Waals surface area (Å²) in [5.41, 5.74) is 4.38. The number of carbonyl (C=O) groups excluding carboxylic acids is 1. The van der Waals surface area contributed by atoms with Crippen molar-refractivity contribution in [2.24, 2.45) is 0 Å². The van der Waals surface area contributed by atoms with Gasteiger partial charge in [-0.25, -0.2) is 0 Å². The minimum Gasteiger partial charge on any atom is -0.337 e. The number of carbonyl (C=O) groups is 1. The largest absolute Gasteiger partial charge is 0.337 e. The smallest absolute Gasteiger partial charge is 0.274 e. The minimum absolute atomic E-state index is 0.157. The second kappa shape index (κ2) is 10.4. The van der Waals surface area contributed by atoms with Crippen LogP contribution in [-0.4, -0.2) is 63.2 Å². The van der Waals surface area contributed by atoms with Crippen LogP contribution in [0, 0.1) is 0 Å². The average molecular weight is 424 g/mol. The van der Waals surface area contributed by atoms with Gasteiger partial charge in [0.15, 0.2) is 5.69 Å². The number of nitrogens with zero attached hydrogens (tertiary/aromatic N) is 5. The summed E-state index contributed by atoms with van der Waals surface area (Å²) in [6.07, 6.45) is 11.6. The SMILES string of the molecule is CCCn1nc(C(=O)N2CCCCCC2)c2c1CCC(N(C)CCc1ccccn1)C2. The van der Waals surface area contributed by atoms with Gasteiger partial charge in [-0.2, -0.15) is 5.10 Å². The van der Waals surface area contributed by atoms with Crippen molar-refractivity contribution in [3.8, 4) is 0 Å². The number of rotatable bonds is 7. The maximum atomic E-state index is 13.5. The molecule has 1 unspecified atom stereocenters. The van der Waals surface area contributed by atoms with Crippen LogP contribution in [0.4, 0.5) is 0 Å². The molecule has 3 heterocycles. The van der Waals surface area contributed by atoms with E-state index in [0.717, 1.165) is 82.5 Å². The van der Waals surface area contributed by atoms with Gasteiger partial charge in [-0.3, -0.25) is 14.5 Å². The Morgan fingerprint density at radius 2 is 2.00 bits per heavy atom. The van der Waals surface area contributed by atoms with Crippen molar-refractivity contribution in [3.63, 3.8) is 0 Å². The second-order valence-corrected chi connectivity index (χ2v) is 9.15. The van der Waals surface area contributed by atoms with E-state index in [9.17, 15) is 4.79 Å². The molecule has 168 valence electrons. The quantitative estimate of drug-likeness (QED) is 0.681. The Balaban J connectivity index is 1.50. The molecule has 1 saturated heterocycles. The molecule has 4 rings (SSSR count). The highest BCUT2D eigenvalue weighted by Gasteiger charge is 2.32. The van der Waals surface area contributed by atoms with Crippen LogP contribution in [0.15, 0.2) is 24.4 Å². The van der Waals surface area contributed by atoms with Crippen LogP contribution in [0.3, 0.4) is 0 Å². The molecule has 1 aliphatic heterocycles. The summed E-state index contributed by atoms with van der Waals surface area (Å²) in [4.78, 5) is 22.4. The molecule has 1 amide bonds. The highest BCUT2D eigenvalue weighted by molar-refractivity contribution is 5.94. The first-order chi connectivity index (χ1) is 15.2. The van der Waals surface area contributed by atoms with Crippen molar-refractivity contribution < 1.29 is 4.79 Å². The molecular formula is C25H37N5O. The van der Waals surface area contributed by atoms with Gasteiger partial charge in [0.05, 0.1) is 0 Å². The van der Waals surface area contributed by atoms with Crippen LogP contribution in [0.2, 0.25) is 0 Å². The fourth-order valence-electron chi connectivity index (χ4n) is 5.06. The molecule has 2 aliphatic rings. The normalized spacial score (nSPS) is 19.3. The molecule has 0 radical (unpaired) electrons. The van der Waals surface area contributed by atoms with E-state index in [-0.39, 0.29) is 5.91 Å². The summed E-state index contributed by atoms with van der Waals surface area (Å²) >= 11 is 0. The Hall–Kier alpha value is -2.21. The van der Waals surface area contributed by atoms with Gasteiger partial charge in [-0.05, 0) is 57.7 Å². The number of amides is 1. The zero-order valence-electron chi connectivity index (χ0n) is 19.2. The van der Waals surface area contributed by atoms with Gasteiger partial charge in [0, 0.05) is 61.8 Å². The van der Waals surface area contributed by atoms with E-state index in [1.807, 2.05) is 12.3 Å². The van der Waals surface area contributed by atoms with E-state index < -0.39 is 0 Å². The fourth-order valence-corrected chi connectivity index (χ4v) is 5.06. The van der Waals surface area contributed by atoms with Crippen molar-refractivity contribution in [2.75, 3.05) is 26.7 Å².